The largest absolute Gasteiger partial charge is 0.481 e. The van der Waals surface area contributed by atoms with Gasteiger partial charge in [-0.1, -0.05) is 50.4 Å². The molecular weight excluding hydrogens is 373 g/mol. The summed E-state index contributed by atoms with van der Waals surface area (Å²) < 4.78 is 0. The second-order valence-corrected chi connectivity index (χ2v) is 9.20. The van der Waals surface area contributed by atoms with Gasteiger partial charge in [0.15, 0.2) is 0 Å². The van der Waals surface area contributed by atoms with Gasteiger partial charge in [-0.3, -0.25) is 9.59 Å². The van der Waals surface area contributed by atoms with Crippen molar-refractivity contribution in [1.82, 2.24) is 5.32 Å². The molecule has 0 unspecified atom stereocenters. The number of halogens is 2. The number of rotatable bonds is 2. The van der Waals surface area contributed by atoms with Crippen molar-refractivity contribution in [2.24, 2.45) is 11.3 Å². The van der Waals surface area contributed by atoms with Gasteiger partial charge in [-0.2, -0.15) is 0 Å². The molecule has 1 aromatic rings. The minimum absolute atomic E-state index is 0.0793. The summed E-state index contributed by atoms with van der Waals surface area (Å²) in [7, 11) is 0. The number of carboxylic acid groups (broad SMARTS) is 1. The molecule has 3 atom stereocenters. The van der Waals surface area contributed by atoms with Crippen LogP contribution in [0.25, 0.3) is 0 Å². The Morgan fingerprint density at radius 3 is 2.54 bits per heavy atom. The molecule has 0 saturated heterocycles. The van der Waals surface area contributed by atoms with E-state index in [0.717, 1.165) is 24.0 Å². The first-order valence-corrected chi connectivity index (χ1v) is 9.83. The van der Waals surface area contributed by atoms with Gasteiger partial charge in [0.05, 0.1) is 16.0 Å². The molecule has 1 heterocycles. The van der Waals surface area contributed by atoms with Crippen molar-refractivity contribution in [1.29, 1.82) is 0 Å². The summed E-state index contributed by atoms with van der Waals surface area (Å²) in [6.45, 7) is 8.14. The van der Waals surface area contributed by atoms with E-state index in [9.17, 15) is 14.7 Å². The van der Waals surface area contributed by atoms with E-state index in [4.69, 9.17) is 23.2 Å². The Balaban J connectivity index is 2.30. The van der Waals surface area contributed by atoms with Crippen LogP contribution in [0, 0.1) is 11.3 Å². The lowest BCUT2D eigenvalue weighted by Crippen LogP contribution is -2.53. The Labute approximate surface area is 164 Å². The molecule has 2 aliphatic rings. The number of aliphatic carboxylic acids is 1. The van der Waals surface area contributed by atoms with Crippen LogP contribution in [-0.4, -0.2) is 23.5 Å². The molecule has 0 spiro atoms. The van der Waals surface area contributed by atoms with Crippen LogP contribution in [0.5, 0.6) is 0 Å². The van der Waals surface area contributed by atoms with Gasteiger partial charge >= 0.3 is 5.97 Å². The first-order valence-electron chi connectivity index (χ1n) is 9.08. The maximum absolute atomic E-state index is 12.9. The van der Waals surface area contributed by atoms with Crippen molar-refractivity contribution >= 4 is 35.1 Å². The minimum atomic E-state index is -0.905. The number of fused-ring (bicyclic) bond motifs is 3. The van der Waals surface area contributed by atoms with Crippen LogP contribution < -0.4 is 5.32 Å². The summed E-state index contributed by atoms with van der Waals surface area (Å²) in [6.07, 6.45) is 2.18. The maximum atomic E-state index is 12.9. The molecule has 1 saturated carbocycles. The van der Waals surface area contributed by atoms with Crippen LogP contribution in [0.3, 0.4) is 0 Å². The third-order valence-corrected chi connectivity index (χ3v) is 7.26. The molecule has 26 heavy (non-hydrogen) atoms. The summed E-state index contributed by atoms with van der Waals surface area (Å²) in [6, 6.07) is 1.85. The van der Waals surface area contributed by atoms with E-state index in [1.54, 1.807) is 6.92 Å². The van der Waals surface area contributed by atoms with Crippen LogP contribution >= 0.6 is 23.2 Å². The fourth-order valence-corrected chi connectivity index (χ4v) is 6.00. The zero-order chi connectivity index (χ0) is 19.4. The smallest absolute Gasteiger partial charge is 0.309 e. The van der Waals surface area contributed by atoms with E-state index in [-0.39, 0.29) is 17.7 Å². The fraction of sp³-hybridized carbons (Fsp3) is 0.600. The molecule has 1 fully saturated rings. The molecule has 142 valence electrons. The molecule has 4 nitrogen and oxygen atoms in total. The number of carbonyl (C=O) groups is 2. The Bertz CT molecular complexity index is 792. The Morgan fingerprint density at radius 1 is 1.31 bits per heavy atom. The number of carbonyl (C=O) groups excluding carboxylic acids is 1. The number of carboxylic acids is 1. The van der Waals surface area contributed by atoms with E-state index >= 15 is 0 Å². The Hall–Kier alpha value is -1.26. The standard InChI is InChI=1S/C20H25Cl2NO3/c1-10(2)14-12(21)8-11-15(16(14)22)17(24)23-9-13-19(11,3)6-5-7-20(13,4)18(25)26/h8,10,13H,5-7,9H2,1-4H3,(H,23,24)(H,25,26)/t13-,19-,20-/m1/s1. The average Bonchev–Trinajstić information content (AvgIpc) is 2.63. The number of nitrogens with one attached hydrogen (secondary N) is 1. The van der Waals surface area contributed by atoms with E-state index in [1.165, 1.54) is 0 Å². The molecule has 2 N–H and O–H groups in total. The monoisotopic (exact) mass is 397 g/mol. The zero-order valence-electron chi connectivity index (χ0n) is 15.6. The topological polar surface area (TPSA) is 66.4 Å². The van der Waals surface area contributed by atoms with Crippen LogP contribution in [0.4, 0.5) is 0 Å². The first-order chi connectivity index (χ1) is 12.0. The molecule has 1 amide bonds. The molecule has 6 heteroatoms. The minimum Gasteiger partial charge on any atom is -0.481 e. The first kappa shape index (κ1) is 19.5. The highest BCUT2D eigenvalue weighted by Gasteiger charge is 2.55. The average molecular weight is 398 g/mol. The van der Waals surface area contributed by atoms with Crippen molar-refractivity contribution in [2.45, 2.75) is 58.3 Å². The molecule has 1 aliphatic heterocycles. The van der Waals surface area contributed by atoms with Gasteiger partial charge in [-0.25, -0.2) is 0 Å². The number of hydrogen-bond acceptors (Lipinski definition) is 2. The highest BCUT2D eigenvalue weighted by atomic mass is 35.5. The molecule has 1 aliphatic carbocycles. The lowest BCUT2D eigenvalue weighted by atomic mass is 9.53. The second kappa shape index (κ2) is 6.42. The van der Waals surface area contributed by atoms with E-state index in [2.05, 4.69) is 12.2 Å². The van der Waals surface area contributed by atoms with Crippen LogP contribution in [0.1, 0.15) is 74.4 Å². The normalized spacial score (nSPS) is 31.0. The quantitative estimate of drug-likeness (QED) is 0.736. The second-order valence-electron chi connectivity index (χ2n) is 8.42. The summed E-state index contributed by atoms with van der Waals surface area (Å²) in [5, 5.41) is 13.8. The van der Waals surface area contributed by atoms with Crippen LogP contribution in [0.15, 0.2) is 6.07 Å². The van der Waals surface area contributed by atoms with Gasteiger partial charge in [0.25, 0.3) is 5.91 Å². The van der Waals surface area contributed by atoms with Crippen LogP contribution in [0.2, 0.25) is 10.0 Å². The zero-order valence-corrected chi connectivity index (χ0v) is 17.1. The van der Waals surface area contributed by atoms with Gasteiger partial charge in [0.1, 0.15) is 0 Å². The summed E-state index contributed by atoms with van der Waals surface area (Å²) >= 11 is 13.2. The molecule has 0 bridgehead atoms. The molecule has 1 aromatic carbocycles. The fourth-order valence-electron chi connectivity index (χ4n) is 5.02. The van der Waals surface area contributed by atoms with Crippen LogP contribution in [-0.2, 0) is 10.2 Å². The van der Waals surface area contributed by atoms with Gasteiger partial charge in [-0.15, -0.1) is 0 Å². The van der Waals surface area contributed by atoms with Gasteiger partial charge in [-0.05, 0) is 48.3 Å². The van der Waals surface area contributed by atoms with E-state index in [0.29, 0.717) is 28.6 Å². The van der Waals surface area contributed by atoms with E-state index < -0.39 is 16.8 Å². The third-order valence-electron chi connectivity index (χ3n) is 6.56. The van der Waals surface area contributed by atoms with Crippen molar-refractivity contribution < 1.29 is 14.7 Å². The lowest BCUT2D eigenvalue weighted by molar-refractivity contribution is -0.156. The summed E-state index contributed by atoms with van der Waals surface area (Å²) in [5.74, 6) is -1.21. The van der Waals surface area contributed by atoms with Gasteiger partial charge in [0.2, 0.25) is 0 Å². The predicted molar refractivity (Wildman–Crippen MR) is 103 cm³/mol. The predicted octanol–water partition coefficient (Wildman–Crippen LogP) is 5.01. The molecule has 0 aromatic heterocycles. The van der Waals surface area contributed by atoms with Crippen molar-refractivity contribution in [3.05, 3.63) is 32.8 Å². The van der Waals surface area contributed by atoms with Gasteiger partial charge < -0.3 is 10.4 Å². The van der Waals surface area contributed by atoms with E-state index in [1.807, 2.05) is 19.9 Å². The molecule has 0 radical (unpaired) electrons. The SMILES string of the molecule is CC(C)c1c(Cl)cc2c(c1Cl)C(=O)NC[C@H]1[C@](C)(C(=O)O)CCC[C@]21C. The number of hydrogen-bond donors (Lipinski definition) is 2. The van der Waals surface area contributed by atoms with Crippen molar-refractivity contribution in [3.8, 4) is 0 Å². The lowest BCUT2D eigenvalue weighted by Gasteiger charge is -2.50. The van der Waals surface area contributed by atoms with Crippen molar-refractivity contribution in [2.75, 3.05) is 6.54 Å². The van der Waals surface area contributed by atoms with Gasteiger partial charge in [0, 0.05) is 17.5 Å². The molecule has 3 rings (SSSR count). The highest BCUT2D eigenvalue weighted by Crippen LogP contribution is 2.55. The molecular formula is C20H25Cl2NO3. The highest BCUT2D eigenvalue weighted by molar-refractivity contribution is 6.38. The number of amides is 1. The summed E-state index contributed by atoms with van der Waals surface area (Å²) in [4.78, 5) is 25.0. The maximum Gasteiger partial charge on any atom is 0.309 e. The summed E-state index contributed by atoms with van der Waals surface area (Å²) in [5.41, 5.74) is 0.616. The third kappa shape index (κ3) is 2.65. The Morgan fingerprint density at radius 2 is 1.96 bits per heavy atom. The Kier molecular flexibility index (Phi) is 4.81. The number of benzene rings is 1. The van der Waals surface area contributed by atoms with Crippen molar-refractivity contribution in [3.63, 3.8) is 0 Å².